The highest BCUT2D eigenvalue weighted by molar-refractivity contribution is 7.60. The van der Waals surface area contributed by atoms with Crippen LogP contribution in [-0.4, -0.2) is 16.5 Å². The highest BCUT2D eigenvalue weighted by atomic mass is 31.1. The van der Waals surface area contributed by atoms with E-state index in [1.54, 1.807) is 25.7 Å². The maximum Gasteiger partial charge on any atom is -0.0174 e. The zero-order chi connectivity index (χ0) is 12.3. The zero-order valence-corrected chi connectivity index (χ0v) is 13.1. The molecule has 0 N–H and O–H groups in total. The minimum Gasteiger partial charge on any atom is -0.0948 e. The van der Waals surface area contributed by atoms with Crippen molar-refractivity contribution in [3.8, 4) is 0 Å². The van der Waals surface area contributed by atoms with Crippen LogP contribution in [-0.2, 0) is 0 Å². The van der Waals surface area contributed by atoms with Crippen molar-refractivity contribution in [2.24, 2.45) is 0 Å². The Morgan fingerprint density at radius 1 is 0.647 bits per heavy atom. The van der Waals surface area contributed by atoms with Crippen molar-refractivity contribution in [2.45, 2.75) is 101 Å². The first kappa shape index (κ1) is 13.9. The summed E-state index contributed by atoms with van der Waals surface area (Å²) in [7, 11) is 0.262. The third-order valence-corrected chi connectivity index (χ3v) is 8.87. The van der Waals surface area contributed by atoms with Gasteiger partial charge in [0.2, 0.25) is 0 Å². The molecule has 0 aromatic heterocycles. The third-order valence-electron chi connectivity index (χ3n) is 4.71. The molecule has 0 unspecified atom stereocenters. The molecule has 0 nitrogen and oxygen atoms in total. The van der Waals surface area contributed by atoms with Crippen molar-refractivity contribution in [1.29, 1.82) is 0 Å². The van der Waals surface area contributed by atoms with E-state index in [0.717, 1.165) is 11.3 Å². The molecule has 2 aliphatic carbocycles. The molecular formula is C16H31P. The first-order chi connectivity index (χ1) is 8.09. The van der Waals surface area contributed by atoms with Crippen molar-refractivity contribution in [3.05, 3.63) is 0 Å². The molecule has 0 bridgehead atoms. The number of rotatable bonds is 2. The Balaban J connectivity index is 2.06. The summed E-state index contributed by atoms with van der Waals surface area (Å²) in [5, 5.41) is 0.597. The molecule has 0 aromatic rings. The van der Waals surface area contributed by atoms with Crippen LogP contribution in [0.3, 0.4) is 0 Å². The van der Waals surface area contributed by atoms with Crippen LogP contribution in [0, 0.1) is 0 Å². The Morgan fingerprint density at radius 2 is 1.00 bits per heavy atom. The number of hydrogen-bond donors (Lipinski definition) is 0. The van der Waals surface area contributed by atoms with E-state index in [2.05, 4.69) is 20.8 Å². The van der Waals surface area contributed by atoms with Gasteiger partial charge in [0, 0.05) is 0 Å². The monoisotopic (exact) mass is 254 g/mol. The molecule has 2 saturated carbocycles. The third kappa shape index (κ3) is 3.69. The molecular weight excluding hydrogens is 223 g/mol. The standard InChI is InChI=1S/C16H31P/c1-16(2,3)17(14-10-6-4-7-11-14)15-12-8-5-9-13-15/h14-15H,4-13H2,1-3H3. The molecule has 100 valence electrons. The summed E-state index contributed by atoms with van der Waals surface area (Å²) < 4.78 is 0. The quantitative estimate of drug-likeness (QED) is 0.535. The predicted octanol–water partition coefficient (Wildman–Crippen LogP) is 5.93. The summed E-state index contributed by atoms with van der Waals surface area (Å²) in [5.41, 5.74) is 2.23. The molecule has 2 fully saturated rings. The van der Waals surface area contributed by atoms with Gasteiger partial charge in [-0.3, -0.25) is 0 Å². The van der Waals surface area contributed by atoms with E-state index >= 15 is 0 Å². The van der Waals surface area contributed by atoms with Gasteiger partial charge >= 0.3 is 0 Å². The van der Waals surface area contributed by atoms with Crippen LogP contribution >= 0.6 is 7.92 Å². The second-order valence-corrected chi connectivity index (χ2v) is 10.8. The largest absolute Gasteiger partial charge is 0.0948 e. The average Bonchev–Trinajstić information content (AvgIpc) is 2.30. The summed E-state index contributed by atoms with van der Waals surface area (Å²) in [6.45, 7) is 7.59. The lowest BCUT2D eigenvalue weighted by atomic mass is 9.99. The minimum atomic E-state index is 0.262. The lowest BCUT2D eigenvalue weighted by Gasteiger charge is -2.46. The molecule has 0 aromatic carbocycles. The zero-order valence-electron chi connectivity index (χ0n) is 12.2. The second-order valence-electron chi connectivity index (χ2n) is 7.16. The molecule has 0 amide bonds. The van der Waals surface area contributed by atoms with Gasteiger partial charge in [-0.2, -0.15) is 0 Å². The van der Waals surface area contributed by atoms with Gasteiger partial charge in [-0.25, -0.2) is 0 Å². The maximum atomic E-state index is 2.53. The Labute approximate surface area is 110 Å². The molecule has 0 spiro atoms. The summed E-state index contributed by atoms with van der Waals surface area (Å²) in [6.07, 6.45) is 15.3. The average molecular weight is 254 g/mol. The van der Waals surface area contributed by atoms with Gasteiger partial charge in [0.1, 0.15) is 0 Å². The van der Waals surface area contributed by atoms with Gasteiger partial charge in [0.25, 0.3) is 0 Å². The molecule has 2 aliphatic rings. The summed E-state index contributed by atoms with van der Waals surface area (Å²) in [5.74, 6) is 0. The molecule has 2 rings (SSSR count). The second kappa shape index (κ2) is 6.05. The van der Waals surface area contributed by atoms with Crippen LogP contribution < -0.4 is 0 Å². The lowest BCUT2D eigenvalue weighted by molar-refractivity contribution is 0.475. The summed E-state index contributed by atoms with van der Waals surface area (Å²) in [6, 6.07) is 0. The van der Waals surface area contributed by atoms with Gasteiger partial charge in [0.05, 0.1) is 0 Å². The van der Waals surface area contributed by atoms with Crippen LogP contribution in [0.15, 0.2) is 0 Å². The number of hydrogen-bond acceptors (Lipinski definition) is 0. The summed E-state index contributed by atoms with van der Waals surface area (Å²) >= 11 is 0. The van der Waals surface area contributed by atoms with Crippen LogP contribution in [0.4, 0.5) is 0 Å². The van der Waals surface area contributed by atoms with E-state index in [9.17, 15) is 0 Å². The van der Waals surface area contributed by atoms with E-state index < -0.39 is 0 Å². The minimum absolute atomic E-state index is 0.262. The summed E-state index contributed by atoms with van der Waals surface area (Å²) in [4.78, 5) is 0. The van der Waals surface area contributed by atoms with E-state index in [1.807, 2.05) is 0 Å². The van der Waals surface area contributed by atoms with Crippen LogP contribution in [0.1, 0.15) is 85.0 Å². The fraction of sp³-hybridized carbons (Fsp3) is 1.00. The SMILES string of the molecule is CC(C)(C)P(C1CCCCC1)C1CCCCC1. The fourth-order valence-corrected chi connectivity index (χ4v) is 8.74. The van der Waals surface area contributed by atoms with Crippen molar-refractivity contribution >= 4 is 7.92 Å². The normalized spacial score (nSPS) is 25.4. The van der Waals surface area contributed by atoms with Crippen molar-refractivity contribution in [2.75, 3.05) is 0 Å². The smallest absolute Gasteiger partial charge is 0.0174 e. The molecule has 17 heavy (non-hydrogen) atoms. The topological polar surface area (TPSA) is 0 Å². The van der Waals surface area contributed by atoms with E-state index in [1.165, 1.54) is 38.5 Å². The van der Waals surface area contributed by atoms with Gasteiger partial charge in [-0.05, 0) is 42.2 Å². The van der Waals surface area contributed by atoms with E-state index in [-0.39, 0.29) is 7.92 Å². The molecule has 0 atom stereocenters. The lowest BCUT2D eigenvalue weighted by Crippen LogP contribution is -2.30. The van der Waals surface area contributed by atoms with Crippen molar-refractivity contribution in [3.63, 3.8) is 0 Å². The predicted molar refractivity (Wildman–Crippen MR) is 80.4 cm³/mol. The Kier molecular flexibility index (Phi) is 4.93. The van der Waals surface area contributed by atoms with Crippen LogP contribution in [0.25, 0.3) is 0 Å². The van der Waals surface area contributed by atoms with E-state index in [0.29, 0.717) is 5.16 Å². The molecule has 1 heteroatoms. The molecule has 0 aliphatic heterocycles. The van der Waals surface area contributed by atoms with Crippen molar-refractivity contribution in [1.82, 2.24) is 0 Å². The van der Waals surface area contributed by atoms with Crippen LogP contribution in [0.5, 0.6) is 0 Å². The Hall–Kier alpha value is 0.430. The van der Waals surface area contributed by atoms with Crippen molar-refractivity contribution < 1.29 is 0 Å². The first-order valence-corrected chi connectivity index (χ1v) is 9.35. The highest BCUT2D eigenvalue weighted by Gasteiger charge is 2.37. The Morgan fingerprint density at radius 3 is 1.29 bits per heavy atom. The molecule has 0 saturated heterocycles. The van der Waals surface area contributed by atoms with Gasteiger partial charge in [0.15, 0.2) is 0 Å². The van der Waals surface area contributed by atoms with E-state index in [4.69, 9.17) is 0 Å². The molecule has 0 heterocycles. The van der Waals surface area contributed by atoms with Gasteiger partial charge in [-0.15, -0.1) is 0 Å². The first-order valence-electron chi connectivity index (χ1n) is 7.87. The van der Waals surface area contributed by atoms with Crippen LogP contribution in [0.2, 0.25) is 0 Å². The van der Waals surface area contributed by atoms with Gasteiger partial charge in [-0.1, -0.05) is 67.2 Å². The highest BCUT2D eigenvalue weighted by Crippen LogP contribution is 2.63. The maximum absolute atomic E-state index is 2.53. The molecule has 0 radical (unpaired) electrons. The Bertz CT molecular complexity index is 198. The fourth-order valence-electron chi connectivity index (χ4n) is 4.11. The van der Waals surface area contributed by atoms with Gasteiger partial charge < -0.3 is 0 Å².